The van der Waals surface area contributed by atoms with Gasteiger partial charge >= 0.3 is 0 Å². The molecule has 0 aliphatic carbocycles. The van der Waals surface area contributed by atoms with Crippen LogP contribution in [-0.2, 0) is 0 Å². The molecule has 1 fully saturated rings. The zero-order valence-electron chi connectivity index (χ0n) is 20.3. The number of carbonyl (C=O) groups excluding carboxylic acids is 1. The molecule has 1 atom stereocenters. The Morgan fingerprint density at radius 1 is 1.06 bits per heavy atom. The van der Waals surface area contributed by atoms with Gasteiger partial charge in [-0.05, 0) is 62.7 Å². The van der Waals surface area contributed by atoms with E-state index in [-0.39, 0.29) is 12.5 Å². The standard InChI is InChI=1S/C26H31Cl2N5O2/c1-17-23(28)5-4-6-24(17)32-13-11-31(12-14-32)16-22(34)15-29-26(35)25-18(2)33(19(3)30-25)21-9-7-20(27)8-10-21/h4-10,22,34H,11-16H2,1-3H3,(H,29,35). The molecule has 0 saturated carbocycles. The molecule has 3 aromatic rings. The monoisotopic (exact) mass is 515 g/mol. The first kappa shape index (κ1) is 25.5. The predicted octanol–water partition coefficient (Wildman–Crippen LogP) is 4.02. The third-order valence-corrected chi connectivity index (χ3v) is 7.16. The van der Waals surface area contributed by atoms with E-state index in [0.717, 1.165) is 53.8 Å². The van der Waals surface area contributed by atoms with Crippen molar-refractivity contribution in [2.24, 2.45) is 0 Å². The predicted molar refractivity (Wildman–Crippen MR) is 141 cm³/mol. The molecule has 0 spiro atoms. The third kappa shape index (κ3) is 5.81. The minimum Gasteiger partial charge on any atom is -0.390 e. The fourth-order valence-electron chi connectivity index (χ4n) is 4.59. The maximum Gasteiger partial charge on any atom is 0.271 e. The maximum atomic E-state index is 12.8. The Labute approximate surface area is 216 Å². The van der Waals surface area contributed by atoms with E-state index < -0.39 is 6.10 Å². The number of rotatable bonds is 7. The maximum absolute atomic E-state index is 12.8. The van der Waals surface area contributed by atoms with Gasteiger partial charge < -0.3 is 19.9 Å². The number of aliphatic hydroxyl groups excluding tert-OH is 1. The van der Waals surface area contributed by atoms with Crippen LogP contribution in [0.3, 0.4) is 0 Å². The highest BCUT2D eigenvalue weighted by molar-refractivity contribution is 6.31. The molecular weight excluding hydrogens is 485 g/mol. The summed E-state index contributed by atoms with van der Waals surface area (Å²) in [6, 6.07) is 13.4. The van der Waals surface area contributed by atoms with Crippen molar-refractivity contribution in [2.75, 3.05) is 44.2 Å². The van der Waals surface area contributed by atoms with Crippen LogP contribution >= 0.6 is 23.2 Å². The van der Waals surface area contributed by atoms with Gasteiger partial charge in [-0.2, -0.15) is 0 Å². The Morgan fingerprint density at radius 3 is 2.43 bits per heavy atom. The molecule has 0 bridgehead atoms. The number of amides is 1. The van der Waals surface area contributed by atoms with Crippen LogP contribution in [0.4, 0.5) is 5.69 Å². The number of hydrogen-bond donors (Lipinski definition) is 2. The summed E-state index contributed by atoms with van der Waals surface area (Å²) in [5, 5.41) is 14.8. The second-order valence-corrected chi connectivity index (χ2v) is 9.78. The van der Waals surface area contributed by atoms with Gasteiger partial charge in [0.2, 0.25) is 0 Å². The number of halogens is 2. The molecule has 2 N–H and O–H groups in total. The van der Waals surface area contributed by atoms with Crippen LogP contribution in [0.25, 0.3) is 5.69 Å². The van der Waals surface area contributed by atoms with Crippen molar-refractivity contribution in [1.82, 2.24) is 19.8 Å². The van der Waals surface area contributed by atoms with Crippen LogP contribution in [0.2, 0.25) is 10.0 Å². The van der Waals surface area contributed by atoms with Gasteiger partial charge in [-0.1, -0.05) is 29.3 Å². The quantitative estimate of drug-likeness (QED) is 0.497. The van der Waals surface area contributed by atoms with Crippen molar-refractivity contribution < 1.29 is 9.90 Å². The number of aromatic nitrogens is 2. The first-order chi connectivity index (χ1) is 16.7. The van der Waals surface area contributed by atoms with Crippen molar-refractivity contribution in [1.29, 1.82) is 0 Å². The number of aliphatic hydroxyl groups is 1. The number of nitrogens with zero attached hydrogens (tertiary/aromatic N) is 4. The first-order valence-corrected chi connectivity index (χ1v) is 12.5. The topological polar surface area (TPSA) is 73.6 Å². The minimum absolute atomic E-state index is 0.165. The summed E-state index contributed by atoms with van der Waals surface area (Å²) >= 11 is 12.3. The third-order valence-electron chi connectivity index (χ3n) is 6.49. The van der Waals surface area contributed by atoms with E-state index in [2.05, 4.69) is 26.2 Å². The number of nitrogens with one attached hydrogen (secondary N) is 1. The summed E-state index contributed by atoms with van der Waals surface area (Å²) in [5.41, 5.74) is 4.24. The lowest BCUT2D eigenvalue weighted by Crippen LogP contribution is -2.50. The van der Waals surface area contributed by atoms with E-state index in [0.29, 0.717) is 23.1 Å². The van der Waals surface area contributed by atoms with Gasteiger partial charge in [0, 0.05) is 60.7 Å². The van der Waals surface area contributed by atoms with Gasteiger partial charge in [-0.3, -0.25) is 9.69 Å². The van der Waals surface area contributed by atoms with E-state index >= 15 is 0 Å². The van der Waals surface area contributed by atoms with Gasteiger partial charge in [0.15, 0.2) is 0 Å². The highest BCUT2D eigenvalue weighted by Gasteiger charge is 2.23. The Balaban J connectivity index is 1.29. The molecule has 1 aliphatic rings. The number of carbonyl (C=O) groups is 1. The highest BCUT2D eigenvalue weighted by Crippen LogP contribution is 2.27. The average Bonchev–Trinajstić information content (AvgIpc) is 3.14. The lowest BCUT2D eigenvalue weighted by atomic mass is 10.1. The smallest absolute Gasteiger partial charge is 0.271 e. The second kappa shape index (κ2) is 11.0. The Hall–Kier alpha value is -2.58. The summed E-state index contributed by atoms with van der Waals surface area (Å²) in [6.45, 7) is 9.82. The van der Waals surface area contributed by atoms with Crippen LogP contribution in [-0.4, -0.2) is 70.8 Å². The number of β-amino-alcohol motifs (C(OH)–C–C–N with tert-alkyl or cyclic N) is 1. The lowest BCUT2D eigenvalue weighted by molar-refractivity contribution is 0.0847. The van der Waals surface area contributed by atoms with Crippen LogP contribution in [0.15, 0.2) is 42.5 Å². The van der Waals surface area contributed by atoms with E-state index in [1.165, 1.54) is 0 Å². The summed E-state index contributed by atoms with van der Waals surface area (Å²) in [4.78, 5) is 21.8. The molecule has 186 valence electrons. The van der Waals surface area contributed by atoms with E-state index in [4.69, 9.17) is 23.2 Å². The lowest BCUT2D eigenvalue weighted by Gasteiger charge is -2.37. The Kier molecular flexibility index (Phi) is 8.02. The molecule has 2 heterocycles. The molecule has 1 saturated heterocycles. The number of piperazine rings is 1. The zero-order chi connectivity index (χ0) is 25.1. The summed E-state index contributed by atoms with van der Waals surface area (Å²) in [6.07, 6.45) is -0.668. The molecule has 1 aromatic heterocycles. The fraction of sp³-hybridized carbons (Fsp3) is 0.385. The van der Waals surface area contributed by atoms with E-state index in [1.54, 1.807) is 0 Å². The molecule has 1 amide bonds. The number of anilines is 1. The highest BCUT2D eigenvalue weighted by atomic mass is 35.5. The largest absolute Gasteiger partial charge is 0.390 e. The molecule has 1 aliphatic heterocycles. The molecule has 1 unspecified atom stereocenters. The molecule has 35 heavy (non-hydrogen) atoms. The van der Waals surface area contributed by atoms with E-state index in [9.17, 15) is 9.90 Å². The van der Waals surface area contributed by atoms with E-state index in [1.807, 2.05) is 61.7 Å². The van der Waals surface area contributed by atoms with Crippen LogP contribution in [0.1, 0.15) is 27.6 Å². The number of benzene rings is 2. The molecule has 4 rings (SSSR count). The van der Waals surface area contributed by atoms with Gasteiger partial charge in [0.25, 0.3) is 5.91 Å². The fourth-order valence-corrected chi connectivity index (χ4v) is 4.89. The molecule has 7 nitrogen and oxygen atoms in total. The molecule has 0 radical (unpaired) electrons. The van der Waals surface area contributed by atoms with Crippen molar-refractivity contribution in [3.05, 3.63) is 75.3 Å². The molecular formula is C26H31Cl2N5O2. The molecule has 9 heteroatoms. The normalized spacial score (nSPS) is 15.3. The van der Waals surface area contributed by atoms with Gasteiger partial charge in [0.05, 0.1) is 11.8 Å². The van der Waals surface area contributed by atoms with Crippen molar-refractivity contribution >= 4 is 34.8 Å². The first-order valence-electron chi connectivity index (χ1n) is 11.7. The summed E-state index contributed by atoms with van der Waals surface area (Å²) < 4.78 is 1.92. The number of hydrogen-bond acceptors (Lipinski definition) is 5. The second-order valence-electron chi connectivity index (χ2n) is 8.94. The summed E-state index contributed by atoms with van der Waals surface area (Å²) in [7, 11) is 0. The Morgan fingerprint density at radius 2 is 1.74 bits per heavy atom. The van der Waals surface area contributed by atoms with Crippen LogP contribution < -0.4 is 10.2 Å². The van der Waals surface area contributed by atoms with Gasteiger partial charge in [-0.15, -0.1) is 0 Å². The van der Waals surface area contributed by atoms with Crippen molar-refractivity contribution in [2.45, 2.75) is 26.9 Å². The minimum atomic E-state index is -0.668. The summed E-state index contributed by atoms with van der Waals surface area (Å²) in [5.74, 6) is 0.418. The van der Waals surface area contributed by atoms with Gasteiger partial charge in [0.1, 0.15) is 11.5 Å². The van der Waals surface area contributed by atoms with Crippen LogP contribution in [0, 0.1) is 20.8 Å². The number of imidazole rings is 1. The average molecular weight is 516 g/mol. The van der Waals surface area contributed by atoms with Crippen LogP contribution in [0.5, 0.6) is 0 Å². The zero-order valence-corrected chi connectivity index (χ0v) is 21.8. The Bertz CT molecular complexity index is 1190. The number of aryl methyl sites for hydroxylation is 1. The van der Waals surface area contributed by atoms with Crippen molar-refractivity contribution in [3.63, 3.8) is 0 Å². The van der Waals surface area contributed by atoms with Gasteiger partial charge in [-0.25, -0.2) is 4.98 Å². The SMILES string of the molecule is Cc1c(Cl)cccc1N1CCN(CC(O)CNC(=O)c2nc(C)n(-c3ccc(Cl)cc3)c2C)CC1. The van der Waals surface area contributed by atoms with Crippen molar-refractivity contribution in [3.8, 4) is 5.69 Å². The molecule has 2 aromatic carbocycles.